The van der Waals surface area contributed by atoms with Crippen LogP contribution in [-0.4, -0.2) is 48.1 Å². The number of nitrogens with zero attached hydrogens (tertiary/aromatic N) is 1. The zero-order valence-corrected chi connectivity index (χ0v) is 10.7. The van der Waals surface area contributed by atoms with Gasteiger partial charge in [-0.25, -0.2) is 0 Å². The Morgan fingerprint density at radius 2 is 1.81 bits per heavy atom. The molecule has 0 atom stereocenters. The number of carboxylic acid groups (broad SMARTS) is 1. The van der Waals surface area contributed by atoms with E-state index in [0.29, 0.717) is 0 Å². The maximum absolute atomic E-state index is 11.0. The van der Waals surface area contributed by atoms with Crippen LogP contribution in [0.3, 0.4) is 0 Å². The predicted octanol–water partition coefficient (Wildman–Crippen LogP) is 0.720. The van der Waals surface area contributed by atoms with Crippen LogP contribution < -0.4 is 5.32 Å². The quantitative estimate of drug-likeness (QED) is 0.698. The lowest BCUT2D eigenvalue weighted by Crippen LogP contribution is -2.49. The van der Waals surface area contributed by atoms with E-state index >= 15 is 0 Å². The van der Waals surface area contributed by atoms with Crippen LogP contribution in [0.1, 0.15) is 20.8 Å². The number of carbonyl (C=O) groups is 2. The molecule has 0 aromatic heterocycles. The Morgan fingerprint density at radius 3 is 2.06 bits per heavy atom. The third-order valence-corrected chi connectivity index (χ3v) is 1.36. The van der Waals surface area contributed by atoms with Crippen molar-refractivity contribution in [2.24, 2.45) is 0 Å². The zero-order chi connectivity index (χ0) is 13.4. The van der Waals surface area contributed by atoms with E-state index in [-0.39, 0.29) is 11.4 Å². The maximum Gasteiger partial charge on any atom is 0.300 e. The Balaban J connectivity index is 0. The van der Waals surface area contributed by atoms with Crippen LogP contribution in [0, 0.1) is 0 Å². The number of likely N-dealkylation sites (N-methyl/N-ethyl adjacent to an activating group) is 1. The van der Waals surface area contributed by atoms with Gasteiger partial charge in [-0.2, -0.15) is 0 Å². The summed E-state index contributed by atoms with van der Waals surface area (Å²) in [5, 5.41) is 10.3. The first-order valence-electron chi connectivity index (χ1n) is 4.89. The van der Waals surface area contributed by atoms with E-state index in [9.17, 15) is 4.79 Å². The molecule has 0 saturated carbocycles. The van der Waals surface area contributed by atoms with Gasteiger partial charge in [0, 0.05) is 19.0 Å². The Morgan fingerprint density at radius 1 is 1.44 bits per heavy atom. The van der Waals surface area contributed by atoms with Crippen molar-refractivity contribution in [3.05, 3.63) is 12.7 Å². The molecule has 16 heavy (non-hydrogen) atoms. The first-order valence-corrected chi connectivity index (χ1v) is 4.89. The van der Waals surface area contributed by atoms with Crippen LogP contribution in [0.5, 0.6) is 0 Å². The molecule has 0 fully saturated rings. The minimum atomic E-state index is -0.833. The lowest BCUT2D eigenvalue weighted by atomic mass is 10.1. The van der Waals surface area contributed by atoms with Gasteiger partial charge in [0.2, 0.25) is 5.91 Å². The summed E-state index contributed by atoms with van der Waals surface area (Å²) in [5.74, 6) is -0.957. The smallest absolute Gasteiger partial charge is 0.300 e. The van der Waals surface area contributed by atoms with E-state index in [1.165, 1.54) is 6.08 Å². The van der Waals surface area contributed by atoms with E-state index in [4.69, 9.17) is 9.90 Å². The van der Waals surface area contributed by atoms with Gasteiger partial charge >= 0.3 is 0 Å². The van der Waals surface area contributed by atoms with Gasteiger partial charge in [-0.3, -0.25) is 9.59 Å². The highest BCUT2D eigenvalue weighted by molar-refractivity contribution is 5.87. The summed E-state index contributed by atoms with van der Waals surface area (Å²) in [4.78, 5) is 22.0. The van der Waals surface area contributed by atoms with Crippen LogP contribution >= 0.6 is 0 Å². The van der Waals surface area contributed by atoms with Crippen LogP contribution in [0.25, 0.3) is 0 Å². The molecule has 0 aromatic rings. The summed E-state index contributed by atoms with van der Waals surface area (Å²) < 4.78 is 0. The molecule has 0 bridgehead atoms. The largest absolute Gasteiger partial charge is 0.481 e. The van der Waals surface area contributed by atoms with E-state index in [2.05, 4.69) is 11.9 Å². The molecule has 1 amide bonds. The number of hydrogen-bond donors (Lipinski definition) is 2. The van der Waals surface area contributed by atoms with E-state index in [0.717, 1.165) is 13.5 Å². The molecule has 0 aromatic carbocycles. The van der Waals surface area contributed by atoms with Crippen molar-refractivity contribution in [3.8, 4) is 0 Å². The number of nitrogens with one attached hydrogen (secondary N) is 1. The van der Waals surface area contributed by atoms with Crippen LogP contribution in [-0.2, 0) is 9.59 Å². The van der Waals surface area contributed by atoms with Crippen LogP contribution in [0.15, 0.2) is 12.7 Å². The second kappa shape index (κ2) is 7.87. The summed E-state index contributed by atoms with van der Waals surface area (Å²) in [7, 11) is 3.95. The number of rotatable bonds is 4. The summed E-state index contributed by atoms with van der Waals surface area (Å²) in [6, 6.07) is 0. The Bertz CT molecular complexity index is 244. The Kier molecular flexibility index (Phi) is 8.39. The van der Waals surface area contributed by atoms with Gasteiger partial charge in [0.25, 0.3) is 5.97 Å². The first-order chi connectivity index (χ1) is 7.10. The van der Waals surface area contributed by atoms with E-state index < -0.39 is 5.97 Å². The zero-order valence-electron chi connectivity index (χ0n) is 10.7. The number of aliphatic carboxylic acids is 1. The number of hydrogen-bond acceptors (Lipinski definition) is 3. The average Bonchev–Trinajstić information content (AvgIpc) is 1.99. The summed E-state index contributed by atoms with van der Waals surface area (Å²) in [6.45, 7) is 9.25. The lowest BCUT2D eigenvalue weighted by molar-refractivity contribution is -0.134. The SMILES string of the molecule is C=CC(=O)NC(C)(C)CN(C)C.CC(=O)O. The first kappa shape index (κ1) is 17.0. The van der Waals surface area contributed by atoms with Crippen molar-refractivity contribution in [2.75, 3.05) is 20.6 Å². The highest BCUT2D eigenvalue weighted by Crippen LogP contribution is 2.02. The molecule has 0 rings (SSSR count). The number of amides is 1. The molecule has 0 aliphatic carbocycles. The fourth-order valence-corrected chi connectivity index (χ4v) is 1.21. The van der Waals surface area contributed by atoms with E-state index in [1.54, 1.807) is 0 Å². The van der Waals surface area contributed by atoms with Crippen molar-refractivity contribution in [1.29, 1.82) is 0 Å². The molecule has 0 aliphatic heterocycles. The molecule has 94 valence electrons. The molecular formula is C11H22N2O3. The minimum absolute atomic E-state index is 0.123. The van der Waals surface area contributed by atoms with Gasteiger partial charge < -0.3 is 15.3 Å². The van der Waals surface area contributed by atoms with Crippen molar-refractivity contribution < 1.29 is 14.7 Å². The summed E-state index contributed by atoms with van der Waals surface area (Å²) in [6.07, 6.45) is 1.29. The van der Waals surface area contributed by atoms with Gasteiger partial charge in [-0.05, 0) is 34.0 Å². The minimum Gasteiger partial charge on any atom is -0.481 e. The Labute approximate surface area is 97.1 Å². The lowest BCUT2D eigenvalue weighted by Gasteiger charge is -2.28. The normalized spacial score (nSPS) is 10.1. The number of carboxylic acids is 1. The van der Waals surface area contributed by atoms with Crippen molar-refractivity contribution in [1.82, 2.24) is 10.2 Å². The van der Waals surface area contributed by atoms with Crippen molar-refractivity contribution in [2.45, 2.75) is 26.3 Å². The standard InChI is InChI=1S/C9H18N2O.C2H4O2/c1-6-8(12)10-9(2,3)7-11(4)5;1-2(3)4/h6H,1,7H2,2-5H3,(H,10,12);1H3,(H,3,4). The van der Waals surface area contributed by atoms with Crippen molar-refractivity contribution in [3.63, 3.8) is 0 Å². The summed E-state index contributed by atoms with van der Waals surface area (Å²) in [5.41, 5.74) is -0.200. The molecule has 0 saturated heterocycles. The second-order valence-corrected chi connectivity index (χ2v) is 4.33. The Hall–Kier alpha value is -1.36. The molecule has 0 aliphatic rings. The van der Waals surface area contributed by atoms with Gasteiger partial charge in [0.1, 0.15) is 0 Å². The molecule has 2 N–H and O–H groups in total. The molecular weight excluding hydrogens is 208 g/mol. The van der Waals surface area contributed by atoms with Gasteiger partial charge in [0.15, 0.2) is 0 Å². The third kappa shape index (κ3) is 15.1. The van der Waals surface area contributed by atoms with Crippen LogP contribution in [0.4, 0.5) is 0 Å². The second-order valence-electron chi connectivity index (χ2n) is 4.33. The van der Waals surface area contributed by atoms with E-state index in [1.807, 2.05) is 32.8 Å². The molecule has 0 spiro atoms. The topological polar surface area (TPSA) is 69.6 Å². The molecule has 0 radical (unpaired) electrons. The fourth-order valence-electron chi connectivity index (χ4n) is 1.21. The molecule has 5 heteroatoms. The number of carbonyl (C=O) groups excluding carboxylic acids is 1. The fraction of sp³-hybridized carbons (Fsp3) is 0.636. The predicted molar refractivity (Wildman–Crippen MR) is 64.3 cm³/mol. The van der Waals surface area contributed by atoms with Gasteiger partial charge in [0.05, 0.1) is 0 Å². The average molecular weight is 230 g/mol. The van der Waals surface area contributed by atoms with Gasteiger partial charge in [-0.1, -0.05) is 6.58 Å². The highest BCUT2D eigenvalue weighted by atomic mass is 16.4. The van der Waals surface area contributed by atoms with Gasteiger partial charge in [-0.15, -0.1) is 0 Å². The molecule has 5 nitrogen and oxygen atoms in total. The molecule has 0 heterocycles. The third-order valence-electron chi connectivity index (χ3n) is 1.36. The summed E-state index contributed by atoms with van der Waals surface area (Å²) >= 11 is 0. The monoisotopic (exact) mass is 230 g/mol. The van der Waals surface area contributed by atoms with Crippen LogP contribution in [0.2, 0.25) is 0 Å². The maximum atomic E-state index is 11.0. The van der Waals surface area contributed by atoms with Crippen molar-refractivity contribution >= 4 is 11.9 Å². The highest BCUT2D eigenvalue weighted by Gasteiger charge is 2.19. The molecule has 0 unspecified atom stereocenters.